The summed E-state index contributed by atoms with van der Waals surface area (Å²) >= 11 is 0. The number of esters is 1. The summed E-state index contributed by atoms with van der Waals surface area (Å²) in [5, 5.41) is 5.29. The van der Waals surface area contributed by atoms with Gasteiger partial charge in [0.25, 0.3) is 0 Å². The Kier molecular flexibility index (Phi) is 35.0. The second-order valence-electron chi connectivity index (χ2n) is 10.2. The molecule has 1 rings (SSSR count). The number of benzene rings is 1. The molecule has 0 spiro atoms. The Hall–Kier alpha value is -1.35. The van der Waals surface area contributed by atoms with Gasteiger partial charge in [-0.05, 0) is 42.4 Å². The first kappa shape index (κ1) is 51.2. The molecule has 1 aromatic carbocycles. The molecule has 240 valence electrons. The minimum absolute atomic E-state index is 0. The van der Waals surface area contributed by atoms with E-state index in [0.717, 1.165) is 5.56 Å². The maximum atomic E-state index is 13.0. The van der Waals surface area contributed by atoms with Gasteiger partial charge in [-0.25, -0.2) is 4.79 Å². The van der Waals surface area contributed by atoms with Gasteiger partial charge in [0.15, 0.2) is 0 Å². The van der Waals surface area contributed by atoms with E-state index >= 15 is 0 Å². The molecule has 0 aliphatic rings. The van der Waals surface area contributed by atoms with Crippen molar-refractivity contribution < 1.29 is 98.9 Å². The van der Waals surface area contributed by atoms with Gasteiger partial charge in [0, 0.05) is 90.0 Å². The first-order chi connectivity index (χ1) is 18.3. The summed E-state index contributed by atoms with van der Waals surface area (Å²) in [4.78, 5) is 68.5. The van der Waals surface area contributed by atoms with Crippen molar-refractivity contribution >= 4 is 42.0 Å². The molecule has 12 heteroatoms. The van der Waals surface area contributed by atoms with Crippen LogP contribution in [0.2, 0.25) is 0 Å². The average molecular weight is 754 g/mol. The van der Waals surface area contributed by atoms with E-state index in [9.17, 15) is 28.8 Å². The fourth-order valence-corrected chi connectivity index (χ4v) is 3.34. The van der Waals surface area contributed by atoms with Crippen molar-refractivity contribution in [2.24, 2.45) is 35.3 Å². The van der Waals surface area contributed by atoms with E-state index in [0.29, 0.717) is 18.5 Å². The molecule has 0 aliphatic carbocycles. The number of carbonyl (C=O) groups excluding carboxylic acids is 6. The smallest absolute Gasteiger partial charge is 0.312 e. The molecule has 43 heavy (non-hydrogen) atoms. The predicted octanol–water partition coefficient (Wildman–Crippen LogP) is 4.77. The van der Waals surface area contributed by atoms with Gasteiger partial charge in [-0.1, -0.05) is 53.7 Å². The van der Waals surface area contributed by atoms with Gasteiger partial charge in [-0.15, -0.1) is 12.3 Å². The van der Waals surface area contributed by atoms with E-state index in [-0.39, 0.29) is 142 Å². The van der Waals surface area contributed by atoms with Crippen LogP contribution in [0.25, 0.3) is 0 Å². The van der Waals surface area contributed by atoms with Crippen molar-refractivity contribution in [3.8, 4) is 0 Å². The molecule has 2 atom stereocenters. The molecule has 3 amide bonds. The standard InChI is InChI=1S/C25H36N3O6.C4H7O.2CH3.2Y/c1-16(2)21(11-13-29)22(30)14-19(6-5-12-27-25(26)33)23(31)28-20-9-7-18(8-10-20)15-34-24(32)17(3)4;1-4(2)3-5;;;;/h7-10,16-17,19,21H,5-6,11-12,14-15H2,1-4H3,(H,28,31)(H3,26,27,33);4H,1-2H3;2*1H3;;/q4*-1;;/t19-,21+;;;;;/m1...../s1. The van der Waals surface area contributed by atoms with Crippen LogP contribution in [0.5, 0.6) is 0 Å². The van der Waals surface area contributed by atoms with E-state index in [1.165, 1.54) is 0 Å². The van der Waals surface area contributed by atoms with Crippen LogP contribution in [0, 0.1) is 44.4 Å². The minimum Gasteiger partial charge on any atom is -0.542 e. The summed E-state index contributed by atoms with van der Waals surface area (Å²) < 4.78 is 5.20. The molecular formula is C31H49N3O7Y2-4. The Balaban J connectivity index is -0.000000492. The van der Waals surface area contributed by atoms with Crippen molar-refractivity contribution in [1.82, 2.24) is 5.32 Å². The normalized spacial score (nSPS) is 11.0. The number of carbonyl (C=O) groups is 4. The number of nitrogens with one attached hydrogen (secondary N) is 2. The Morgan fingerprint density at radius 1 is 0.930 bits per heavy atom. The molecule has 0 aromatic heterocycles. The summed E-state index contributed by atoms with van der Waals surface area (Å²) in [6.45, 7) is 11.2. The summed E-state index contributed by atoms with van der Waals surface area (Å²) in [7, 11) is 0. The average Bonchev–Trinajstić information content (AvgIpc) is 2.88. The van der Waals surface area contributed by atoms with Gasteiger partial charge in [0.05, 0.1) is 5.92 Å². The molecule has 4 N–H and O–H groups in total. The summed E-state index contributed by atoms with van der Waals surface area (Å²) in [5.41, 5.74) is 6.39. The number of amides is 3. The Morgan fingerprint density at radius 2 is 1.47 bits per heavy atom. The maximum Gasteiger partial charge on any atom is 0.312 e. The molecule has 0 unspecified atom stereocenters. The van der Waals surface area contributed by atoms with E-state index in [2.05, 4.69) is 10.6 Å². The topological polar surface area (TPSA) is 162 Å². The SMILES string of the molecule is CC(C)C(=O)OCc1ccc(NC(=O)[C@H](CCCNC(N)=O)CC(=O)[C@@H](C[C-]=O)C(C)C)cc1.CC(C)[C-]=O.[CH3-].[CH3-].[Y].[Y]. The van der Waals surface area contributed by atoms with Crippen LogP contribution in [0.3, 0.4) is 0 Å². The minimum atomic E-state index is -0.655. The quantitative estimate of drug-likeness (QED) is 0.125. The predicted molar refractivity (Wildman–Crippen MR) is 162 cm³/mol. The first-order valence-electron chi connectivity index (χ1n) is 13.2. The monoisotopic (exact) mass is 753 g/mol. The van der Waals surface area contributed by atoms with E-state index < -0.39 is 17.9 Å². The molecule has 2 radical (unpaired) electrons. The number of ketones is 1. The van der Waals surface area contributed by atoms with Crippen LogP contribution in [0.4, 0.5) is 10.5 Å². The second kappa shape index (κ2) is 29.4. The van der Waals surface area contributed by atoms with Gasteiger partial charge >= 0.3 is 12.0 Å². The largest absolute Gasteiger partial charge is 0.542 e. The zero-order valence-corrected chi connectivity index (χ0v) is 32.7. The van der Waals surface area contributed by atoms with E-state index in [4.69, 9.17) is 10.5 Å². The molecule has 0 saturated carbocycles. The zero-order chi connectivity index (χ0) is 30.0. The molecule has 0 fully saturated rings. The molecule has 1 aromatic rings. The molecule has 10 nitrogen and oxygen atoms in total. The fraction of sp³-hybridized carbons (Fsp3) is 0.548. The first-order valence-corrected chi connectivity index (χ1v) is 13.2. The zero-order valence-electron chi connectivity index (χ0n) is 27.0. The fourth-order valence-electron chi connectivity index (χ4n) is 3.34. The van der Waals surface area contributed by atoms with Crippen molar-refractivity contribution in [3.05, 3.63) is 44.7 Å². The van der Waals surface area contributed by atoms with Crippen molar-refractivity contribution in [1.29, 1.82) is 0 Å². The third-order valence-electron chi connectivity index (χ3n) is 5.68. The van der Waals surface area contributed by atoms with Crippen molar-refractivity contribution in [2.45, 2.75) is 73.8 Å². The van der Waals surface area contributed by atoms with Crippen LogP contribution in [0.15, 0.2) is 24.3 Å². The second-order valence-corrected chi connectivity index (χ2v) is 10.2. The van der Waals surface area contributed by atoms with E-state index in [1.54, 1.807) is 64.5 Å². The third kappa shape index (κ3) is 24.6. The summed E-state index contributed by atoms with van der Waals surface area (Å²) in [6.07, 6.45) is 4.38. The van der Waals surface area contributed by atoms with Gasteiger partial charge in [-0.2, -0.15) is 0 Å². The van der Waals surface area contributed by atoms with Crippen LogP contribution >= 0.6 is 0 Å². The van der Waals surface area contributed by atoms with Gasteiger partial charge in [0.2, 0.25) is 5.91 Å². The van der Waals surface area contributed by atoms with Crippen LogP contribution < -0.4 is 16.4 Å². The number of hydrogen-bond donors (Lipinski definition) is 3. The summed E-state index contributed by atoms with van der Waals surface area (Å²) in [5.74, 6) is -2.10. The van der Waals surface area contributed by atoms with Crippen molar-refractivity contribution in [3.63, 3.8) is 0 Å². The number of primary amides is 1. The Bertz CT molecular complexity index is 940. The van der Waals surface area contributed by atoms with Gasteiger partial charge < -0.3 is 45.5 Å². The number of urea groups is 1. The molecule has 0 aliphatic heterocycles. The Labute approximate surface area is 309 Å². The molecular weight excluding hydrogens is 704 g/mol. The molecule has 0 saturated heterocycles. The third-order valence-corrected chi connectivity index (χ3v) is 5.68. The number of nitrogens with two attached hydrogens (primary N) is 1. The van der Waals surface area contributed by atoms with Crippen LogP contribution in [-0.2, 0) is 101 Å². The number of anilines is 1. The van der Waals surface area contributed by atoms with E-state index in [1.807, 2.05) is 13.8 Å². The number of ether oxygens (including phenoxy) is 1. The van der Waals surface area contributed by atoms with Gasteiger partial charge in [0.1, 0.15) is 12.4 Å². The number of Topliss-reactive ketones (excluding diaryl/α,β-unsaturated/α-hetero) is 1. The number of hydrogen-bond acceptors (Lipinski definition) is 7. The molecule has 0 heterocycles. The Morgan fingerprint density at radius 3 is 1.88 bits per heavy atom. The summed E-state index contributed by atoms with van der Waals surface area (Å²) in [6, 6.07) is 6.23. The maximum absolute atomic E-state index is 13.0. The van der Waals surface area contributed by atoms with Crippen LogP contribution in [-0.4, -0.2) is 42.8 Å². The van der Waals surface area contributed by atoms with Crippen molar-refractivity contribution in [2.75, 3.05) is 11.9 Å². The van der Waals surface area contributed by atoms with Gasteiger partial charge in [-0.3, -0.25) is 27.0 Å². The van der Waals surface area contributed by atoms with Crippen LogP contribution in [0.1, 0.15) is 72.8 Å². The number of rotatable bonds is 16. The molecule has 0 bridgehead atoms.